The molecule has 30 heavy (non-hydrogen) atoms. The van der Waals surface area contributed by atoms with Crippen molar-refractivity contribution in [1.82, 2.24) is 30.2 Å². The zero-order chi connectivity index (χ0) is 21.3. The Morgan fingerprint density at radius 3 is 3.00 bits per heavy atom. The number of rotatable bonds is 4. The highest BCUT2D eigenvalue weighted by Crippen LogP contribution is 2.25. The van der Waals surface area contributed by atoms with Crippen LogP contribution in [0.1, 0.15) is 12.1 Å². The number of carbonyl (C=O) groups is 1. The van der Waals surface area contributed by atoms with Gasteiger partial charge in [-0.15, -0.1) is 5.10 Å². The third-order valence-corrected chi connectivity index (χ3v) is 4.50. The number of fused-ring (bicyclic) bond motifs is 1. The summed E-state index contributed by atoms with van der Waals surface area (Å²) in [4.78, 5) is 16.3. The van der Waals surface area contributed by atoms with Crippen LogP contribution in [-0.2, 0) is 0 Å². The van der Waals surface area contributed by atoms with E-state index in [0.29, 0.717) is 23.5 Å². The highest BCUT2D eigenvalue weighted by atomic mass is 32.1. The van der Waals surface area contributed by atoms with E-state index in [1.165, 1.54) is 0 Å². The molecule has 0 fully saturated rings. The van der Waals surface area contributed by atoms with Crippen molar-refractivity contribution in [3.63, 3.8) is 0 Å². The van der Waals surface area contributed by atoms with E-state index in [0.717, 1.165) is 11.3 Å². The fraction of sp³-hybridized carbons (Fsp3) is 0.222. The van der Waals surface area contributed by atoms with Crippen LogP contribution in [0.4, 0.5) is 18.0 Å². The van der Waals surface area contributed by atoms with Crippen LogP contribution < -0.4 is 10.6 Å². The molecular weight excluding hydrogens is 421 g/mol. The number of alkyl halides is 3. The quantitative estimate of drug-likeness (QED) is 0.543. The number of nitrogens with zero attached hydrogens (tertiary/aromatic N) is 3. The van der Waals surface area contributed by atoms with E-state index < -0.39 is 24.8 Å². The number of pyridine rings is 1. The van der Waals surface area contributed by atoms with Gasteiger partial charge in [-0.1, -0.05) is 18.2 Å². The molecule has 1 aliphatic carbocycles. The minimum absolute atomic E-state index is 0.171. The van der Waals surface area contributed by atoms with Crippen molar-refractivity contribution in [3.05, 3.63) is 53.3 Å². The number of nitrogens with one attached hydrogen (secondary N) is 3. The number of hydrogen-bond donors (Lipinski definition) is 3. The summed E-state index contributed by atoms with van der Waals surface area (Å²) < 4.78 is 43.9. The summed E-state index contributed by atoms with van der Waals surface area (Å²) in [5, 5.41) is 10.9. The fourth-order valence-electron chi connectivity index (χ4n) is 3.03. The van der Waals surface area contributed by atoms with Gasteiger partial charge < -0.3 is 15.1 Å². The Kier molecular flexibility index (Phi) is 5.16. The molecular formula is C18H15F3N6O2S. The molecule has 1 unspecified atom stereocenters. The molecule has 3 heterocycles. The maximum absolute atomic E-state index is 12.2. The van der Waals surface area contributed by atoms with Gasteiger partial charge in [-0.25, -0.2) is 14.9 Å². The number of aromatic nitrogens is 4. The van der Waals surface area contributed by atoms with Crippen molar-refractivity contribution >= 4 is 29.5 Å². The second kappa shape index (κ2) is 7.78. The van der Waals surface area contributed by atoms with Gasteiger partial charge in [-0.2, -0.15) is 13.2 Å². The molecule has 4 rings (SSSR count). The SMILES string of the molecule is O=C(NCC(F)(F)F)NC1C=C(c2cnc3cc(-c4n[nH]c(=S)o4)ccn23)C=CC1. The first-order valence-corrected chi connectivity index (χ1v) is 9.22. The summed E-state index contributed by atoms with van der Waals surface area (Å²) in [6.45, 7) is -1.39. The molecule has 2 amide bonds. The number of allylic oxidation sites excluding steroid dienone is 2. The zero-order valence-electron chi connectivity index (χ0n) is 15.2. The van der Waals surface area contributed by atoms with Crippen molar-refractivity contribution in [1.29, 1.82) is 0 Å². The van der Waals surface area contributed by atoms with Crippen LogP contribution in [0.25, 0.3) is 22.7 Å². The Labute approximate surface area is 172 Å². The monoisotopic (exact) mass is 436 g/mol. The van der Waals surface area contributed by atoms with Gasteiger partial charge in [0.05, 0.1) is 17.9 Å². The van der Waals surface area contributed by atoms with E-state index in [-0.39, 0.29) is 4.84 Å². The minimum atomic E-state index is -4.46. The van der Waals surface area contributed by atoms with E-state index in [2.05, 4.69) is 20.5 Å². The van der Waals surface area contributed by atoms with Crippen LogP contribution in [0.15, 0.2) is 47.2 Å². The molecule has 0 saturated carbocycles. The van der Waals surface area contributed by atoms with E-state index in [9.17, 15) is 18.0 Å². The van der Waals surface area contributed by atoms with Crippen LogP contribution >= 0.6 is 12.2 Å². The number of halogens is 3. The number of urea groups is 1. The summed E-state index contributed by atoms with van der Waals surface area (Å²) in [5.41, 5.74) is 2.87. The molecule has 0 bridgehead atoms. The third-order valence-electron chi connectivity index (χ3n) is 4.33. The van der Waals surface area contributed by atoms with E-state index in [1.54, 1.807) is 35.9 Å². The van der Waals surface area contributed by atoms with Gasteiger partial charge in [0.25, 0.3) is 4.84 Å². The molecule has 12 heteroatoms. The number of hydrogen-bond acceptors (Lipinski definition) is 5. The van der Waals surface area contributed by atoms with Crippen LogP contribution in [0.2, 0.25) is 0 Å². The van der Waals surface area contributed by atoms with Crippen molar-refractivity contribution in [2.24, 2.45) is 0 Å². The summed E-state index contributed by atoms with van der Waals surface area (Å²) in [5.74, 6) is 0.345. The standard InChI is InChI=1S/C18H15F3N6O2S/c19-18(20,21)9-23-16(28)24-12-3-1-2-10(6-12)13-8-22-14-7-11(4-5-27(13)14)15-25-26-17(30)29-15/h1-2,4-8,12H,3,9H2,(H,26,30)(H2,23,24,28). The predicted octanol–water partition coefficient (Wildman–Crippen LogP) is 3.62. The third kappa shape index (κ3) is 4.43. The minimum Gasteiger partial charge on any atom is -0.409 e. The molecule has 156 valence electrons. The first-order chi connectivity index (χ1) is 14.3. The maximum Gasteiger partial charge on any atom is 0.405 e. The van der Waals surface area contributed by atoms with Crippen molar-refractivity contribution in [2.75, 3.05) is 6.54 Å². The van der Waals surface area contributed by atoms with Gasteiger partial charge in [0.15, 0.2) is 0 Å². The average Bonchev–Trinajstić information content (AvgIpc) is 3.32. The molecule has 3 aromatic rings. The Morgan fingerprint density at radius 1 is 1.43 bits per heavy atom. The number of H-pyrrole nitrogens is 1. The van der Waals surface area contributed by atoms with E-state index in [1.807, 2.05) is 16.6 Å². The number of aromatic amines is 1. The fourth-order valence-corrected chi connectivity index (χ4v) is 3.16. The molecule has 0 aliphatic heterocycles. The van der Waals surface area contributed by atoms with Crippen LogP contribution in [0, 0.1) is 4.84 Å². The molecule has 3 N–H and O–H groups in total. The van der Waals surface area contributed by atoms with Crippen molar-refractivity contribution < 1.29 is 22.4 Å². The lowest BCUT2D eigenvalue weighted by Crippen LogP contribution is -2.44. The highest BCUT2D eigenvalue weighted by molar-refractivity contribution is 7.71. The molecule has 1 atom stereocenters. The van der Waals surface area contributed by atoms with Crippen LogP contribution in [-0.4, -0.2) is 44.4 Å². The summed E-state index contributed by atoms with van der Waals surface area (Å²) in [6.07, 6.45) is 4.95. The van der Waals surface area contributed by atoms with Gasteiger partial charge in [-0.3, -0.25) is 4.40 Å². The van der Waals surface area contributed by atoms with Crippen LogP contribution in [0.3, 0.4) is 0 Å². The second-order valence-corrected chi connectivity index (χ2v) is 6.88. The molecule has 0 spiro atoms. The van der Waals surface area contributed by atoms with E-state index in [4.69, 9.17) is 16.6 Å². The van der Waals surface area contributed by atoms with E-state index >= 15 is 0 Å². The Morgan fingerprint density at radius 2 is 2.27 bits per heavy atom. The Bertz CT molecular complexity index is 1210. The first kappa shape index (κ1) is 19.9. The van der Waals surface area contributed by atoms with Crippen LogP contribution in [0.5, 0.6) is 0 Å². The number of imidazole rings is 1. The Hall–Kier alpha value is -3.41. The second-order valence-electron chi connectivity index (χ2n) is 6.51. The van der Waals surface area contributed by atoms with Crippen molar-refractivity contribution in [2.45, 2.75) is 18.6 Å². The Balaban J connectivity index is 1.53. The molecule has 0 radical (unpaired) electrons. The molecule has 3 aromatic heterocycles. The highest BCUT2D eigenvalue weighted by Gasteiger charge is 2.28. The largest absolute Gasteiger partial charge is 0.409 e. The number of carbonyl (C=O) groups excluding carboxylic acids is 1. The molecule has 1 aliphatic rings. The first-order valence-electron chi connectivity index (χ1n) is 8.81. The predicted molar refractivity (Wildman–Crippen MR) is 104 cm³/mol. The topological polar surface area (TPSA) is 100 Å². The summed E-state index contributed by atoms with van der Waals surface area (Å²) in [6, 6.07) is 2.25. The van der Waals surface area contributed by atoms with Gasteiger partial charge in [0.1, 0.15) is 12.2 Å². The van der Waals surface area contributed by atoms with Gasteiger partial charge in [0.2, 0.25) is 5.89 Å². The molecule has 0 aromatic carbocycles. The molecule has 0 saturated heterocycles. The van der Waals surface area contributed by atoms with Gasteiger partial charge in [-0.05, 0) is 36.3 Å². The smallest absolute Gasteiger partial charge is 0.405 e. The lowest BCUT2D eigenvalue weighted by molar-refractivity contribution is -0.122. The normalized spacial score (nSPS) is 16.5. The number of amides is 2. The maximum atomic E-state index is 12.2. The zero-order valence-corrected chi connectivity index (χ0v) is 16.0. The lowest BCUT2D eigenvalue weighted by atomic mass is 10.0. The molecule has 8 nitrogen and oxygen atoms in total. The van der Waals surface area contributed by atoms with Crippen molar-refractivity contribution in [3.8, 4) is 11.5 Å². The lowest BCUT2D eigenvalue weighted by Gasteiger charge is -2.19. The summed E-state index contributed by atoms with van der Waals surface area (Å²) >= 11 is 4.88. The van der Waals surface area contributed by atoms with Gasteiger partial charge in [0, 0.05) is 11.8 Å². The van der Waals surface area contributed by atoms with Gasteiger partial charge >= 0.3 is 12.2 Å². The summed E-state index contributed by atoms with van der Waals surface area (Å²) in [7, 11) is 0. The average molecular weight is 436 g/mol.